The number of hydrogen-bond donors (Lipinski definition) is 1. The maximum Gasteiger partial charge on any atom is 0.340 e. The first-order valence-corrected chi connectivity index (χ1v) is 8.92. The summed E-state index contributed by atoms with van der Waals surface area (Å²) >= 11 is 0. The quantitative estimate of drug-likeness (QED) is 0.627. The molecule has 6 nitrogen and oxygen atoms in total. The minimum atomic E-state index is -1.14. The number of nitrogens with one attached hydrogen (secondary N) is 1. The van der Waals surface area contributed by atoms with Gasteiger partial charge in [0.15, 0.2) is 17.7 Å². The molecule has 0 aliphatic carbocycles. The van der Waals surface area contributed by atoms with E-state index in [0.29, 0.717) is 17.8 Å². The molecule has 0 saturated heterocycles. The normalized spacial score (nSPS) is 11.9. The number of aryl methyl sites for hydroxylation is 1. The molecule has 3 rings (SSSR count). The van der Waals surface area contributed by atoms with E-state index in [-0.39, 0.29) is 5.69 Å². The fourth-order valence-electron chi connectivity index (χ4n) is 2.90. The van der Waals surface area contributed by atoms with Crippen molar-refractivity contribution in [2.24, 2.45) is 0 Å². The molecule has 8 heteroatoms. The van der Waals surface area contributed by atoms with Gasteiger partial charge in [-0.1, -0.05) is 0 Å². The Balaban J connectivity index is 1.67. The minimum absolute atomic E-state index is 0.0634. The number of carbonyl (C=O) groups excluding carboxylic acids is 2. The molecule has 0 radical (unpaired) electrons. The van der Waals surface area contributed by atoms with Gasteiger partial charge in [-0.15, -0.1) is 0 Å². The molecule has 0 unspecified atom stereocenters. The first-order chi connectivity index (χ1) is 13.8. The zero-order valence-electron chi connectivity index (χ0n) is 16.2. The van der Waals surface area contributed by atoms with Crippen LogP contribution in [0.5, 0.6) is 0 Å². The van der Waals surface area contributed by atoms with Crippen LogP contribution in [0.15, 0.2) is 47.1 Å². The summed E-state index contributed by atoms with van der Waals surface area (Å²) in [5.41, 5.74) is 1.91. The van der Waals surface area contributed by atoms with Crippen LogP contribution in [0.3, 0.4) is 0 Å². The number of halogens is 2. The summed E-state index contributed by atoms with van der Waals surface area (Å²) in [5.74, 6) is -2.68. The monoisotopic (exact) mass is 402 g/mol. The van der Waals surface area contributed by atoms with E-state index in [1.165, 1.54) is 13.0 Å². The molecule has 2 aromatic heterocycles. The van der Waals surface area contributed by atoms with Crippen LogP contribution in [0.1, 0.15) is 34.4 Å². The van der Waals surface area contributed by atoms with Crippen LogP contribution >= 0.6 is 0 Å². The zero-order valence-corrected chi connectivity index (χ0v) is 16.2. The molecular formula is C21H20F2N2O4. The van der Waals surface area contributed by atoms with E-state index in [4.69, 9.17) is 9.15 Å². The second-order valence-corrected chi connectivity index (χ2v) is 6.62. The van der Waals surface area contributed by atoms with E-state index in [2.05, 4.69) is 5.32 Å². The molecule has 0 aliphatic rings. The summed E-state index contributed by atoms with van der Waals surface area (Å²) in [7, 11) is 0. The minimum Gasteiger partial charge on any atom is -0.467 e. The van der Waals surface area contributed by atoms with E-state index in [1.54, 1.807) is 25.3 Å². The van der Waals surface area contributed by atoms with Gasteiger partial charge in [0.2, 0.25) is 0 Å². The lowest BCUT2D eigenvalue weighted by Gasteiger charge is -2.14. The van der Waals surface area contributed by atoms with Crippen molar-refractivity contribution in [1.29, 1.82) is 0 Å². The molecule has 1 atom stereocenters. The van der Waals surface area contributed by atoms with Gasteiger partial charge >= 0.3 is 5.97 Å². The summed E-state index contributed by atoms with van der Waals surface area (Å²) in [4.78, 5) is 24.8. The molecule has 152 valence electrons. The van der Waals surface area contributed by atoms with Crippen molar-refractivity contribution in [1.82, 2.24) is 4.57 Å². The van der Waals surface area contributed by atoms with Gasteiger partial charge in [-0.05, 0) is 51.1 Å². The highest BCUT2D eigenvalue weighted by molar-refractivity contribution is 5.97. The van der Waals surface area contributed by atoms with Gasteiger partial charge in [0.05, 0.1) is 18.4 Å². The van der Waals surface area contributed by atoms with Gasteiger partial charge in [0.1, 0.15) is 5.76 Å². The smallest absolute Gasteiger partial charge is 0.340 e. The number of esters is 1. The number of aromatic nitrogens is 1. The Morgan fingerprint density at radius 1 is 1.17 bits per heavy atom. The molecule has 0 aliphatic heterocycles. The van der Waals surface area contributed by atoms with Crippen molar-refractivity contribution >= 4 is 17.6 Å². The summed E-state index contributed by atoms with van der Waals surface area (Å²) < 4.78 is 38.7. The van der Waals surface area contributed by atoms with Crippen LogP contribution < -0.4 is 5.32 Å². The topological polar surface area (TPSA) is 73.5 Å². The van der Waals surface area contributed by atoms with Gasteiger partial charge in [-0.3, -0.25) is 4.79 Å². The van der Waals surface area contributed by atoms with Crippen LogP contribution in [0, 0.1) is 25.5 Å². The number of benzene rings is 1. The maximum absolute atomic E-state index is 13.3. The van der Waals surface area contributed by atoms with Crippen LogP contribution in [0.2, 0.25) is 0 Å². The maximum atomic E-state index is 13.3. The molecule has 1 amide bonds. The second kappa shape index (κ2) is 8.30. The lowest BCUT2D eigenvalue weighted by atomic mass is 10.2. The van der Waals surface area contributed by atoms with Crippen molar-refractivity contribution in [2.75, 3.05) is 5.32 Å². The number of carbonyl (C=O) groups is 2. The molecular weight excluding hydrogens is 382 g/mol. The highest BCUT2D eigenvalue weighted by Gasteiger charge is 2.23. The first-order valence-electron chi connectivity index (χ1n) is 8.92. The summed E-state index contributed by atoms with van der Waals surface area (Å²) in [5, 5.41) is 2.39. The third-order valence-corrected chi connectivity index (χ3v) is 4.53. The van der Waals surface area contributed by atoms with Crippen LogP contribution in [0.4, 0.5) is 14.5 Å². The van der Waals surface area contributed by atoms with Gasteiger partial charge in [-0.25, -0.2) is 13.6 Å². The molecule has 0 saturated carbocycles. The number of ether oxygens (including phenoxy) is 1. The van der Waals surface area contributed by atoms with Crippen molar-refractivity contribution < 1.29 is 27.5 Å². The fraction of sp³-hybridized carbons (Fsp3) is 0.238. The lowest BCUT2D eigenvalue weighted by Crippen LogP contribution is -2.30. The first kappa shape index (κ1) is 20.3. The highest BCUT2D eigenvalue weighted by atomic mass is 19.2. The van der Waals surface area contributed by atoms with Crippen molar-refractivity contribution in [3.8, 4) is 0 Å². The third kappa shape index (κ3) is 4.53. The average Bonchev–Trinajstić information content (AvgIpc) is 3.28. The Labute approximate surface area is 166 Å². The van der Waals surface area contributed by atoms with E-state index in [0.717, 1.165) is 23.6 Å². The third-order valence-electron chi connectivity index (χ3n) is 4.53. The van der Waals surface area contributed by atoms with E-state index in [9.17, 15) is 18.4 Å². The SMILES string of the molecule is Cc1cc(C(=O)O[C@H](C)C(=O)Nc2ccc(F)c(F)c2)c(C)n1Cc1ccco1. The van der Waals surface area contributed by atoms with Gasteiger partial charge < -0.3 is 19.0 Å². The molecule has 0 fully saturated rings. The number of nitrogens with zero attached hydrogens (tertiary/aromatic N) is 1. The van der Waals surface area contributed by atoms with E-state index < -0.39 is 29.6 Å². The molecule has 1 aromatic carbocycles. The Kier molecular flexibility index (Phi) is 5.81. The Morgan fingerprint density at radius 2 is 1.93 bits per heavy atom. The molecule has 0 bridgehead atoms. The molecule has 3 aromatic rings. The number of furan rings is 1. The second-order valence-electron chi connectivity index (χ2n) is 6.62. The largest absolute Gasteiger partial charge is 0.467 e. The van der Waals surface area contributed by atoms with Crippen molar-refractivity contribution in [2.45, 2.75) is 33.4 Å². The Bertz CT molecular complexity index is 1040. The lowest BCUT2D eigenvalue weighted by molar-refractivity contribution is -0.123. The van der Waals surface area contributed by atoms with E-state index in [1.807, 2.05) is 17.6 Å². The van der Waals surface area contributed by atoms with Crippen molar-refractivity contribution in [3.63, 3.8) is 0 Å². The van der Waals surface area contributed by atoms with Crippen LogP contribution in [-0.4, -0.2) is 22.5 Å². The summed E-state index contributed by atoms with van der Waals surface area (Å²) in [6.45, 7) is 5.49. The number of rotatable bonds is 6. The van der Waals surface area contributed by atoms with Crippen molar-refractivity contribution in [3.05, 3.63) is 77.0 Å². The zero-order chi connectivity index (χ0) is 21.1. The van der Waals surface area contributed by atoms with Gasteiger partial charge in [0.25, 0.3) is 5.91 Å². The van der Waals surface area contributed by atoms with Crippen LogP contribution in [0.25, 0.3) is 0 Å². The molecule has 0 spiro atoms. The predicted molar refractivity (Wildman–Crippen MR) is 102 cm³/mol. The molecule has 2 heterocycles. The van der Waals surface area contributed by atoms with Gasteiger partial charge in [0, 0.05) is 23.1 Å². The number of anilines is 1. The summed E-state index contributed by atoms with van der Waals surface area (Å²) in [6.07, 6.45) is 0.440. The average molecular weight is 402 g/mol. The number of amides is 1. The number of hydrogen-bond acceptors (Lipinski definition) is 4. The molecule has 29 heavy (non-hydrogen) atoms. The predicted octanol–water partition coefficient (Wildman–Crippen LogP) is 4.21. The van der Waals surface area contributed by atoms with E-state index >= 15 is 0 Å². The van der Waals surface area contributed by atoms with Crippen LogP contribution in [-0.2, 0) is 16.1 Å². The standard InChI is InChI=1S/C21H20F2N2O4/c1-12-9-17(13(2)25(12)11-16-5-4-8-28-16)21(27)29-14(3)20(26)24-15-6-7-18(22)19(23)10-15/h4-10,14H,11H2,1-3H3,(H,24,26)/t14-/m1/s1. The highest BCUT2D eigenvalue weighted by Crippen LogP contribution is 2.19. The Hall–Kier alpha value is -3.42. The Morgan fingerprint density at radius 3 is 2.59 bits per heavy atom. The fourth-order valence-corrected chi connectivity index (χ4v) is 2.90. The molecule has 1 N–H and O–H groups in total. The van der Waals surface area contributed by atoms with Gasteiger partial charge in [-0.2, -0.15) is 0 Å². The summed E-state index contributed by atoms with van der Waals surface area (Å²) in [6, 6.07) is 8.26.